The summed E-state index contributed by atoms with van der Waals surface area (Å²) in [5.74, 6) is 0. The van der Waals surface area contributed by atoms with Gasteiger partial charge in [-0.15, -0.1) is 0 Å². The topological polar surface area (TPSA) is 29.1 Å². The van der Waals surface area contributed by atoms with E-state index in [1.165, 1.54) is 0 Å². The minimum atomic E-state index is -2.32. The van der Waals surface area contributed by atoms with Gasteiger partial charge in [0.2, 0.25) is 0 Å². The number of nitrogens with one attached hydrogen (secondary N) is 1. The van der Waals surface area contributed by atoms with Gasteiger partial charge in [-0.3, -0.25) is 4.21 Å². The van der Waals surface area contributed by atoms with E-state index in [9.17, 15) is 4.21 Å². The summed E-state index contributed by atoms with van der Waals surface area (Å²) in [6, 6.07) is 0. The van der Waals surface area contributed by atoms with Crippen molar-refractivity contribution in [1.29, 1.82) is 0 Å². The first-order valence-electron chi connectivity index (χ1n) is 3.47. The molecule has 0 saturated carbocycles. The lowest BCUT2D eigenvalue weighted by Crippen LogP contribution is -2.44. The van der Waals surface area contributed by atoms with Crippen molar-refractivity contribution in [1.82, 2.24) is 5.32 Å². The van der Waals surface area contributed by atoms with Gasteiger partial charge in [-0.1, -0.05) is 16.0 Å². The molecule has 0 amide bonds. The van der Waals surface area contributed by atoms with Gasteiger partial charge in [0.25, 0.3) is 0 Å². The summed E-state index contributed by atoms with van der Waals surface area (Å²) < 4.78 is 11.8. The van der Waals surface area contributed by atoms with Crippen molar-refractivity contribution in [3.8, 4) is 0 Å². The highest BCUT2D eigenvalue weighted by Crippen LogP contribution is 2.18. The Morgan fingerprint density at radius 3 is 1.90 bits per heavy atom. The average Bonchev–Trinajstić information content (AvgIpc) is 1.62. The molecule has 2 nitrogen and oxygen atoms in total. The highest BCUT2D eigenvalue weighted by Gasteiger charge is 2.25. The van der Waals surface area contributed by atoms with Crippen molar-refractivity contribution in [2.75, 3.05) is 32.4 Å². The van der Waals surface area contributed by atoms with Gasteiger partial charge in [0.05, 0.1) is 0 Å². The predicted octanol–water partition coefficient (Wildman–Crippen LogP) is 0.304. The summed E-state index contributed by atoms with van der Waals surface area (Å²) in [5.41, 5.74) is 0. The molecule has 3 heteroatoms. The maximum absolute atomic E-state index is 11.8. The lowest BCUT2D eigenvalue weighted by atomic mass is 10.5. The van der Waals surface area contributed by atoms with E-state index in [4.69, 9.17) is 0 Å². The van der Waals surface area contributed by atoms with Gasteiger partial charge in [-0.2, -0.15) is 0 Å². The van der Waals surface area contributed by atoms with Crippen LogP contribution >= 0.6 is 0 Å². The first-order valence-corrected chi connectivity index (χ1v) is 6.72. The van der Waals surface area contributed by atoms with Crippen LogP contribution in [-0.2, 0) is 9.07 Å². The fourth-order valence-corrected chi connectivity index (χ4v) is 1.31. The molecule has 0 heterocycles. The Balaban J connectivity index is 4.21. The quantitative estimate of drug-likeness (QED) is 0.652. The molecule has 0 aromatic carbocycles. The minimum Gasteiger partial charge on any atom is -0.319 e. The first kappa shape index (κ1) is 10.1. The van der Waals surface area contributed by atoms with Crippen molar-refractivity contribution >= 4 is 9.07 Å². The third kappa shape index (κ3) is 3.32. The van der Waals surface area contributed by atoms with Crippen LogP contribution in [0.2, 0.25) is 0 Å². The first-order chi connectivity index (χ1) is 4.24. The van der Waals surface area contributed by atoms with E-state index in [2.05, 4.69) is 5.32 Å². The molecule has 0 fully saturated rings. The van der Waals surface area contributed by atoms with E-state index in [-0.39, 0.29) is 5.25 Å². The Labute approximate surface area is 63.8 Å². The normalized spacial score (nSPS) is 19.5. The monoisotopic (exact) mass is 165 g/mol. The van der Waals surface area contributed by atoms with Gasteiger partial charge < -0.3 is 5.32 Å². The molecule has 1 unspecified atom stereocenters. The zero-order valence-electron chi connectivity index (χ0n) is 7.60. The van der Waals surface area contributed by atoms with Crippen LogP contribution in [0.4, 0.5) is 0 Å². The van der Waals surface area contributed by atoms with Crippen LogP contribution in [0, 0.1) is 0 Å². The van der Waals surface area contributed by atoms with E-state index < -0.39 is 9.07 Å². The van der Waals surface area contributed by atoms with E-state index in [1.807, 2.05) is 32.7 Å². The van der Waals surface area contributed by atoms with E-state index in [0.29, 0.717) is 0 Å². The molecular weight excluding hydrogens is 146 g/mol. The number of hydrogen-bond donors (Lipinski definition) is 1. The fourth-order valence-electron chi connectivity index (χ4n) is 0.571. The molecule has 0 saturated heterocycles. The van der Waals surface area contributed by atoms with E-state index >= 15 is 0 Å². The zero-order chi connectivity index (χ0) is 8.44. The maximum Gasteiger partial charge on any atom is 0.0239 e. The Morgan fingerprint density at radius 2 is 1.80 bits per heavy atom. The van der Waals surface area contributed by atoms with E-state index in [0.717, 1.165) is 6.54 Å². The summed E-state index contributed by atoms with van der Waals surface area (Å²) >= 11 is 0. The SMILES string of the molecule is CNCC(C)S(C)(C)(C)=O. The smallest absolute Gasteiger partial charge is 0.0239 e. The summed E-state index contributed by atoms with van der Waals surface area (Å²) in [6.45, 7) is 2.85. The highest BCUT2D eigenvalue weighted by atomic mass is 32.3. The maximum atomic E-state index is 11.8. The van der Waals surface area contributed by atoms with Crippen LogP contribution in [0.25, 0.3) is 0 Å². The Hall–Kier alpha value is 0.110. The molecule has 0 bridgehead atoms. The molecule has 64 valence electrons. The van der Waals surface area contributed by atoms with E-state index in [1.54, 1.807) is 0 Å². The number of hydrogen-bond acceptors (Lipinski definition) is 2. The molecule has 0 spiro atoms. The standard InChI is InChI=1S/C7H19NOS/c1-7(6-8-2)10(3,4,5)9/h7-8H,6H2,1-5H3. The number of rotatable bonds is 3. The molecule has 10 heavy (non-hydrogen) atoms. The van der Waals surface area contributed by atoms with Crippen LogP contribution in [0.5, 0.6) is 0 Å². The van der Waals surface area contributed by atoms with Crippen LogP contribution in [0.15, 0.2) is 0 Å². The van der Waals surface area contributed by atoms with Gasteiger partial charge >= 0.3 is 0 Å². The van der Waals surface area contributed by atoms with Gasteiger partial charge in [0.15, 0.2) is 0 Å². The molecule has 0 aliphatic carbocycles. The molecule has 1 atom stereocenters. The summed E-state index contributed by atoms with van der Waals surface area (Å²) in [5, 5.41) is 3.28. The van der Waals surface area contributed by atoms with Crippen molar-refractivity contribution < 1.29 is 4.21 Å². The van der Waals surface area contributed by atoms with Gasteiger partial charge in [-0.25, -0.2) is 0 Å². The molecular formula is C7H19NOS. The Kier molecular flexibility index (Phi) is 2.65. The lowest BCUT2D eigenvalue weighted by Gasteiger charge is -2.35. The summed E-state index contributed by atoms with van der Waals surface area (Å²) in [7, 11) is -0.436. The molecule has 1 N–H and O–H groups in total. The van der Waals surface area contributed by atoms with Crippen LogP contribution in [-0.4, -0.2) is 41.8 Å². The minimum absolute atomic E-state index is 0.252. The molecule has 0 aromatic heterocycles. The Bertz CT molecular complexity index is 159. The Morgan fingerprint density at radius 1 is 1.40 bits per heavy atom. The van der Waals surface area contributed by atoms with Crippen molar-refractivity contribution in [2.45, 2.75) is 12.2 Å². The molecule has 0 aromatic rings. The zero-order valence-corrected chi connectivity index (χ0v) is 8.42. The van der Waals surface area contributed by atoms with Crippen molar-refractivity contribution in [2.24, 2.45) is 0 Å². The second-order valence-electron chi connectivity index (χ2n) is 3.90. The molecule has 0 aliphatic heterocycles. The van der Waals surface area contributed by atoms with Gasteiger partial charge in [0, 0.05) is 11.8 Å². The average molecular weight is 165 g/mol. The van der Waals surface area contributed by atoms with Crippen molar-refractivity contribution in [3.63, 3.8) is 0 Å². The largest absolute Gasteiger partial charge is 0.319 e. The predicted molar refractivity (Wildman–Crippen MR) is 49.3 cm³/mol. The van der Waals surface area contributed by atoms with Gasteiger partial charge in [0.1, 0.15) is 0 Å². The second-order valence-corrected chi connectivity index (χ2v) is 9.76. The van der Waals surface area contributed by atoms with Crippen LogP contribution < -0.4 is 5.32 Å². The second kappa shape index (κ2) is 2.62. The summed E-state index contributed by atoms with van der Waals surface area (Å²) in [6.07, 6.45) is 5.54. The van der Waals surface area contributed by atoms with Gasteiger partial charge in [-0.05, 0) is 25.8 Å². The summed E-state index contributed by atoms with van der Waals surface area (Å²) in [4.78, 5) is 0. The highest BCUT2D eigenvalue weighted by molar-refractivity contribution is 8.18. The third-order valence-electron chi connectivity index (χ3n) is 1.86. The molecule has 0 aliphatic rings. The third-order valence-corrected chi connectivity index (χ3v) is 4.77. The molecule has 0 rings (SSSR count). The lowest BCUT2D eigenvalue weighted by molar-refractivity contribution is 0.647. The molecule has 0 radical (unpaired) electrons. The van der Waals surface area contributed by atoms with Crippen LogP contribution in [0.3, 0.4) is 0 Å². The van der Waals surface area contributed by atoms with Crippen molar-refractivity contribution in [3.05, 3.63) is 0 Å². The fraction of sp³-hybridized carbons (Fsp3) is 1.00. The van der Waals surface area contributed by atoms with Crippen LogP contribution in [0.1, 0.15) is 6.92 Å².